The third-order valence-corrected chi connectivity index (χ3v) is 4.65. The summed E-state index contributed by atoms with van der Waals surface area (Å²) in [6, 6.07) is 12.9. The molecule has 2 atom stereocenters. The Kier molecular flexibility index (Phi) is 3.36. The number of hydrogen-bond donors (Lipinski definition) is 0. The highest BCUT2D eigenvalue weighted by Gasteiger charge is 2.37. The van der Waals surface area contributed by atoms with E-state index in [2.05, 4.69) is 41.8 Å². The van der Waals surface area contributed by atoms with Crippen molar-refractivity contribution < 1.29 is 0 Å². The molecule has 0 aliphatic carbocycles. The lowest BCUT2D eigenvalue weighted by Crippen LogP contribution is -2.32. The van der Waals surface area contributed by atoms with Gasteiger partial charge in [-0.3, -0.25) is 0 Å². The molecule has 1 nitrogen and oxygen atoms in total. The summed E-state index contributed by atoms with van der Waals surface area (Å²) in [4.78, 5) is 0. The van der Waals surface area contributed by atoms with E-state index in [4.69, 9.17) is 5.26 Å². The molecule has 0 amide bonds. The first kappa shape index (κ1) is 11.3. The molecule has 1 aliphatic heterocycles. The Morgan fingerprint density at radius 3 is 2.75 bits per heavy atom. The summed E-state index contributed by atoms with van der Waals surface area (Å²) in [5, 5.41) is 11.3. The first-order chi connectivity index (χ1) is 7.77. The minimum atomic E-state index is 0.0517. The van der Waals surface area contributed by atoms with Gasteiger partial charge in [0, 0.05) is 4.75 Å². The molecule has 82 valence electrons. The van der Waals surface area contributed by atoms with Gasteiger partial charge in [-0.15, -0.1) is 11.8 Å². The first-order valence-electron chi connectivity index (χ1n) is 5.53. The summed E-state index contributed by atoms with van der Waals surface area (Å²) in [7, 11) is 0. The van der Waals surface area contributed by atoms with Crippen molar-refractivity contribution >= 4 is 11.8 Å². The monoisotopic (exact) mass is 229 g/mol. The molecule has 1 aliphatic rings. The second-order valence-corrected chi connectivity index (χ2v) is 5.59. The molecule has 16 heavy (non-hydrogen) atoms. The number of nitriles is 1. The summed E-state index contributed by atoms with van der Waals surface area (Å²) < 4.78 is 0.0517. The van der Waals surface area contributed by atoms with Crippen molar-refractivity contribution in [3.8, 4) is 6.07 Å². The molecule has 0 radical (unpaired) electrons. The van der Waals surface area contributed by atoms with Crippen LogP contribution in [0.4, 0.5) is 0 Å². The number of allylic oxidation sites excluding steroid dienone is 1. The van der Waals surface area contributed by atoms with E-state index in [9.17, 15) is 0 Å². The predicted molar refractivity (Wildman–Crippen MR) is 69.0 cm³/mol. The van der Waals surface area contributed by atoms with Gasteiger partial charge in [-0.1, -0.05) is 36.4 Å². The Balaban J connectivity index is 2.19. The van der Waals surface area contributed by atoms with E-state index in [1.54, 1.807) is 0 Å². The second kappa shape index (κ2) is 4.76. The van der Waals surface area contributed by atoms with Crippen LogP contribution < -0.4 is 0 Å². The van der Waals surface area contributed by atoms with E-state index in [0.717, 1.165) is 12.8 Å². The number of thioether (sulfide) groups is 1. The Morgan fingerprint density at radius 2 is 2.19 bits per heavy atom. The summed E-state index contributed by atoms with van der Waals surface area (Å²) in [6.45, 7) is 2.03. The number of nitrogens with zero attached hydrogens (tertiary/aromatic N) is 1. The van der Waals surface area contributed by atoms with Crippen molar-refractivity contribution in [1.82, 2.24) is 0 Å². The molecule has 1 aromatic carbocycles. The predicted octanol–water partition coefficient (Wildman–Crippen LogP) is 3.78. The van der Waals surface area contributed by atoms with Crippen LogP contribution in [0.5, 0.6) is 0 Å². The normalized spacial score (nSPS) is 25.2. The molecule has 2 heteroatoms. The molecule has 1 heterocycles. The third-order valence-electron chi connectivity index (χ3n) is 3.19. The van der Waals surface area contributed by atoms with Gasteiger partial charge in [0.05, 0.1) is 12.0 Å². The fraction of sp³-hybridized carbons (Fsp3) is 0.357. The van der Waals surface area contributed by atoms with Crippen LogP contribution in [0.1, 0.15) is 18.9 Å². The van der Waals surface area contributed by atoms with Crippen LogP contribution in [0.15, 0.2) is 41.8 Å². The lowest BCUT2D eigenvalue weighted by Gasteiger charge is -2.30. The van der Waals surface area contributed by atoms with Gasteiger partial charge < -0.3 is 0 Å². The van der Waals surface area contributed by atoms with Crippen molar-refractivity contribution in [3.63, 3.8) is 0 Å². The molecule has 0 saturated heterocycles. The fourth-order valence-electron chi connectivity index (χ4n) is 2.08. The van der Waals surface area contributed by atoms with Gasteiger partial charge in [-0.2, -0.15) is 5.26 Å². The van der Waals surface area contributed by atoms with E-state index in [0.29, 0.717) is 0 Å². The zero-order chi connectivity index (χ0) is 11.4. The van der Waals surface area contributed by atoms with Crippen LogP contribution in [0, 0.1) is 17.2 Å². The van der Waals surface area contributed by atoms with Gasteiger partial charge in [-0.05, 0) is 30.7 Å². The van der Waals surface area contributed by atoms with Crippen LogP contribution in [-0.2, 0) is 6.42 Å². The van der Waals surface area contributed by atoms with Crippen LogP contribution >= 0.6 is 11.8 Å². The van der Waals surface area contributed by atoms with E-state index < -0.39 is 0 Å². The number of benzene rings is 1. The van der Waals surface area contributed by atoms with Crippen LogP contribution in [0.25, 0.3) is 0 Å². The molecule has 2 rings (SSSR count). The summed E-state index contributed by atoms with van der Waals surface area (Å²) in [5.74, 6) is 0.0766. The van der Waals surface area contributed by atoms with Crippen LogP contribution in [-0.4, -0.2) is 4.75 Å². The van der Waals surface area contributed by atoms with Gasteiger partial charge in [0.1, 0.15) is 0 Å². The summed E-state index contributed by atoms with van der Waals surface area (Å²) in [5.41, 5.74) is 1.32. The van der Waals surface area contributed by atoms with Gasteiger partial charge >= 0.3 is 0 Å². The van der Waals surface area contributed by atoms with Crippen molar-refractivity contribution in [2.45, 2.75) is 24.5 Å². The van der Waals surface area contributed by atoms with Crippen molar-refractivity contribution in [2.24, 2.45) is 5.92 Å². The zero-order valence-electron chi connectivity index (χ0n) is 9.39. The highest BCUT2D eigenvalue weighted by molar-refractivity contribution is 8.03. The number of hydrogen-bond acceptors (Lipinski definition) is 2. The molecule has 0 fully saturated rings. The summed E-state index contributed by atoms with van der Waals surface area (Å²) in [6.07, 6.45) is 4.16. The minimum Gasteiger partial charge on any atom is -0.198 e. The number of rotatable bonds is 3. The maximum Gasteiger partial charge on any atom is 0.0667 e. The Bertz CT molecular complexity index is 408. The molecular weight excluding hydrogens is 214 g/mol. The average Bonchev–Trinajstić information content (AvgIpc) is 2.79. The molecular formula is C14H15NS. The molecule has 0 aromatic heterocycles. The Hall–Kier alpha value is -1.20. The average molecular weight is 229 g/mol. The third kappa shape index (κ3) is 2.15. The Labute approximate surface area is 101 Å². The Morgan fingerprint density at radius 1 is 1.44 bits per heavy atom. The lowest BCUT2D eigenvalue weighted by molar-refractivity contribution is 0.489. The molecule has 1 aromatic rings. The molecule has 0 N–H and O–H groups in total. The highest BCUT2D eigenvalue weighted by atomic mass is 32.2. The van der Waals surface area contributed by atoms with E-state index in [-0.39, 0.29) is 10.7 Å². The van der Waals surface area contributed by atoms with Crippen molar-refractivity contribution in [1.29, 1.82) is 5.26 Å². The fourth-order valence-corrected chi connectivity index (χ4v) is 3.25. The van der Waals surface area contributed by atoms with Crippen LogP contribution in [0.2, 0.25) is 0 Å². The van der Waals surface area contributed by atoms with Gasteiger partial charge in [0.2, 0.25) is 0 Å². The van der Waals surface area contributed by atoms with Crippen molar-refractivity contribution in [2.75, 3.05) is 0 Å². The zero-order valence-corrected chi connectivity index (χ0v) is 10.2. The maximum atomic E-state index is 9.15. The van der Waals surface area contributed by atoms with Gasteiger partial charge in [0.25, 0.3) is 0 Å². The quantitative estimate of drug-likeness (QED) is 0.787. The van der Waals surface area contributed by atoms with Crippen LogP contribution in [0.3, 0.4) is 0 Å². The molecule has 0 bridgehead atoms. The highest BCUT2D eigenvalue weighted by Crippen LogP contribution is 2.44. The van der Waals surface area contributed by atoms with E-state index >= 15 is 0 Å². The lowest BCUT2D eigenvalue weighted by atomic mass is 9.85. The smallest absolute Gasteiger partial charge is 0.0667 e. The summed E-state index contributed by atoms with van der Waals surface area (Å²) >= 11 is 1.81. The van der Waals surface area contributed by atoms with Crippen molar-refractivity contribution in [3.05, 3.63) is 47.4 Å². The molecule has 0 saturated carbocycles. The van der Waals surface area contributed by atoms with E-state index in [1.165, 1.54) is 5.56 Å². The standard InChI is InChI=1S/C14H15NS/c1-12(11-15)14(8-5-9-16-14)10-13-6-3-2-4-7-13/h2-7,9,12H,8,10H2,1H3. The minimum absolute atomic E-state index is 0.0517. The van der Waals surface area contributed by atoms with Gasteiger partial charge in [0.15, 0.2) is 0 Å². The van der Waals surface area contributed by atoms with Gasteiger partial charge in [-0.25, -0.2) is 0 Å². The SMILES string of the molecule is CC(C#N)C1(Cc2ccccc2)CC=CS1. The second-order valence-electron chi connectivity index (χ2n) is 4.27. The first-order valence-corrected chi connectivity index (χ1v) is 6.41. The molecule has 0 spiro atoms. The molecule has 2 unspecified atom stereocenters. The van der Waals surface area contributed by atoms with E-state index in [1.807, 2.05) is 24.8 Å². The topological polar surface area (TPSA) is 23.8 Å². The maximum absolute atomic E-state index is 9.15. The largest absolute Gasteiger partial charge is 0.198 e.